The van der Waals surface area contributed by atoms with Gasteiger partial charge in [-0.25, -0.2) is 4.79 Å². The molecule has 0 unspecified atom stereocenters. The van der Waals surface area contributed by atoms with E-state index in [9.17, 15) is 19.7 Å². The molecule has 0 fully saturated rings. The molecule has 0 radical (unpaired) electrons. The molecule has 2 aromatic rings. The number of carbonyl (C=O) groups is 2. The molecule has 0 saturated carbocycles. The Hall–Kier alpha value is -2.75. The van der Waals surface area contributed by atoms with Crippen molar-refractivity contribution in [3.8, 4) is 0 Å². The first-order valence-corrected chi connectivity index (χ1v) is 10.4. The summed E-state index contributed by atoms with van der Waals surface area (Å²) in [6, 6.07) is 0. The van der Waals surface area contributed by atoms with Gasteiger partial charge in [-0.15, -0.1) is 11.3 Å². The van der Waals surface area contributed by atoms with Crippen molar-refractivity contribution in [3.63, 3.8) is 0 Å². The Labute approximate surface area is 172 Å². The Morgan fingerprint density at radius 1 is 1.38 bits per heavy atom. The number of nitrogens with zero attached hydrogens (tertiary/aromatic N) is 3. The van der Waals surface area contributed by atoms with Crippen LogP contribution in [0.1, 0.15) is 59.6 Å². The molecule has 0 atom stereocenters. The Morgan fingerprint density at radius 3 is 2.76 bits per heavy atom. The van der Waals surface area contributed by atoms with Crippen molar-refractivity contribution in [1.82, 2.24) is 9.78 Å². The normalized spacial score (nSPS) is 13.2. The molecule has 9 nitrogen and oxygen atoms in total. The van der Waals surface area contributed by atoms with E-state index in [-0.39, 0.29) is 30.7 Å². The lowest BCUT2D eigenvalue weighted by Gasteiger charge is -2.14. The van der Waals surface area contributed by atoms with Gasteiger partial charge < -0.3 is 10.1 Å². The maximum Gasteiger partial charge on any atom is 0.341 e. The summed E-state index contributed by atoms with van der Waals surface area (Å²) in [7, 11) is 0. The molecule has 3 rings (SSSR count). The molecule has 0 aliphatic heterocycles. The summed E-state index contributed by atoms with van der Waals surface area (Å²) in [5.41, 5.74) is 1.78. The van der Waals surface area contributed by atoms with Crippen LogP contribution in [0.15, 0.2) is 6.20 Å². The third kappa shape index (κ3) is 4.64. The molecule has 1 aliphatic rings. The molecule has 1 N–H and O–H groups in total. The molecule has 1 aliphatic carbocycles. The first-order valence-electron chi connectivity index (χ1n) is 9.60. The largest absolute Gasteiger partial charge is 0.459 e. The van der Waals surface area contributed by atoms with Crippen LogP contribution in [0.25, 0.3) is 0 Å². The molecule has 2 heterocycles. The second-order valence-electron chi connectivity index (χ2n) is 7.26. The minimum absolute atomic E-state index is 0.0740. The maximum absolute atomic E-state index is 12.6. The van der Waals surface area contributed by atoms with Crippen LogP contribution in [0.5, 0.6) is 0 Å². The standard InChI is InChI=1S/C19H24N4O5S/c1-11(2)28-19(25)17-13-6-4-5-7-15(13)29-18(17)21-16(24)8-9-22-12(3)14(10-20-22)23(26)27/h10-11H,4-9H2,1-3H3,(H,21,24). The van der Waals surface area contributed by atoms with Gasteiger partial charge in [-0.05, 0) is 52.0 Å². The van der Waals surface area contributed by atoms with Crippen LogP contribution in [0, 0.1) is 17.0 Å². The van der Waals surface area contributed by atoms with E-state index in [0.717, 1.165) is 36.1 Å². The van der Waals surface area contributed by atoms with Crippen molar-refractivity contribution in [2.24, 2.45) is 0 Å². The first-order chi connectivity index (χ1) is 13.8. The monoisotopic (exact) mass is 420 g/mol. The minimum atomic E-state index is -0.498. The number of nitro groups is 1. The van der Waals surface area contributed by atoms with E-state index < -0.39 is 10.9 Å². The summed E-state index contributed by atoms with van der Waals surface area (Å²) in [5.74, 6) is -0.687. The summed E-state index contributed by atoms with van der Waals surface area (Å²) in [4.78, 5) is 36.7. The molecule has 0 aromatic carbocycles. The predicted molar refractivity (Wildman–Crippen MR) is 108 cm³/mol. The van der Waals surface area contributed by atoms with Crippen LogP contribution in [-0.2, 0) is 28.9 Å². The van der Waals surface area contributed by atoms with Gasteiger partial charge in [0, 0.05) is 11.3 Å². The number of aromatic nitrogens is 2. The van der Waals surface area contributed by atoms with Gasteiger partial charge in [-0.2, -0.15) is 5.10 Å². The van der Waals surface area contributed by atoms with E-state index in [1.807, 2.05) is 0 Å². The van der Waals surface area contributed by atoms with Gasteiger partial charge in [-0.3, -0.25) is 19.6 Å². The number of amides is 1. The molecule has 156 valence electrons. The number of thiophene rings is 1. The highest BCUT2D eigenvalue weighted by Crippen LogP contribution is 2.38. The van der Waals surface area contributed by atoms with E-state index >= 15 is 0 Å². The zero-order chi connectivity index (χ0) is 21.1. The van der Waals surface area contributed by atoms with E-state index in [0.29, 0.717) is 16.3 Å². The number of aryl methyl sites for hydroxylation is 2. The maximum atomic E-state index is 12.6. The summed E-state index contributed by atoms with van der Waals surface area (Å²) < 4.78 is 6.83. The average molecular weight is 420 g/mol. The molecule has 0 saturated heterocycles. The van der Waals surface area contributed by atoms with Gasteiger partial charge in [0.1, 0.15) is 16.9 Å². The topological polar surface area (TPSA) is 116 Å². The van der Waals surface area contributed by atoms with Crippen LogP contribution < -0.4 is 5.32 Å². The number of hydrogen-bond donors (Lipinski definition) is 1. The van der Waals surface area contributed by atoms with Crippen LogP contribution >= 0.6 is 11.3 Å². The Balaban J connectivity index is 1.73. The SMILES string of the molecule is Cc1c([N+](=O)[O-])cnn1CCC(=O)Nc1sc2c(c1C(=O)OC(C)C)CCCC2. The molecular formula is C19H24N4O5S. The number of nitrogens with one attached hydrogen (secondary N) is 1. The molecule has 29 heavy (non-hydrogen) atoms. The van der Waals surface area contributed by atoms with E-state index in [2.05, 4.69) is 10.4 Å². The van der Waals surface area contributed by atoms with E-state index in [1.165, 1.54) is 22.2 Å². The van der Waals surface area contributed by atoms with Crippen molar-refractivity contribution in [2.75, 3.05) is 5.32 Å². The molecule has 2 aromatic heterocycles. The average Bonchev–Trinajstić information content (AvgIpc) is 3.19. The van der Waals surface area contributed by atoms with E-state index in [1.54, 1.807) is 20.8 Å². The summed E-state index contributed by atoms with van der Waals surface area (Å²) in [6.45, 7) is 5.39. The quantitative estimate of drug-likeness (QED) is 0.415. The van der Waals surface area contributed by atoms with Crippen molar-refractivity contribution in [1.29, 1.82) is 0 Å². The third-order valence-corrected chi connectivity index (χ3v) is 6.00. The summed E-state index contributed by atoms with van der Waals surface area (Å²) in [6.07, 6.45) is 4.80. The number of ether oxygens (including phenoxy) is 1. The molecule has 0 bridgehead atoms. The van der Waals surface area contributed by atoms with Crippen molar-refractivity contribution < 1.29 is 19.2 Å². The van der Waals surface area contributed by atoms with Crippen LogP contribution in [0.4, 0.5) is 10.7 Å². The van der Waals surface area contributed by atoms with Gasteiger partial charge in [0.15, 0.2) is 0 Å². The van der Waals surface area contributed by atoms with Crippen LogP contribution in [-0.4, -0.2) is 32.7 Å². The predicted octanol–water partition coefficient (Wildman–Crippen LogP) is 3.63. The van der Waals surface area contributed by atoms with Gasteiger partial charge in [0.05, 0.1) is 23.1 Å². The molecular weight excluding hydrogens is 396 g/mol. The lowest BCUT2D eigenvalue weighted by atomic mass is 9.95. The highest BCUT2D eigenvalue weighted by atomic mass is 32.1. The number of fused-ring (bicyclic) bond motifs is 1. The highest BCUT2D eigenvalue weighted by molar-refractivity contribution is 7.17. The number of esters is 1. The lowest BCUT2D eigenvalue weighted by Crippen LogP contribution is -2.19. The minimum Gasteiger partial charge on any atom is -0.459 e. The van der Waals surface area contributed by atoms with Crippen molar-refractivity contribution >= 4 is 33.9 Å². The third-order valence-electron chi connectivity index (χ3n) is 4.80. The second kappa shape index (κ2) is 8.73. The zero-order valence-corrected chi connectivity index (χ0v) is 17.5. The second-order valence-corrected chi connectivity index (χ2v) is 8.37. The van der Waals surface area contributed by atoms with Gasteiger partial charge in [0.25, 0.3) is 0 Å². The van der Waals surface area contributed by atoms with Crippen LogP contribution in [0.3, 0.4) is 0 Å². The smallest absolute Gasteiger partial charge is 0.341 e. The van der Waals surface area contributed by atoms with Gasteiger partial charge >= 0.3 is 11.7 Å². The fraction of sp³-hybridized carbons (Fsp3) is 0.526. The van der Waals surface area contributed by atoms with Gasteiger partial charge in [0.2, 0.25) is 5.91 Å². The highest BCUT2D eigenvalue weighted by Gasteiger charge is 2.28. The van der Waals surface area contributed by atoms with Crippen LogP contribution in [0.2, 0.25) is 0 Å². The molecule has 1 amide bonds. The molecule has 0 spiro atoms. The Bertz CT molecular complexity index is 947. The van der Waals surface area contributed by atoms with E-state index in [4.69, 9.17) is 4.74 Å². The number of carbonyl (C=O) groups excluding carboxylic acids is 2. The summed E-state index contributed by atoms with van der Waals surface area (Å²) >= 11 is 1.43. The zero-order valence-electron chi connectivity index (χ0n) is 16.7. The number of anilines is 1. The fourth-order valence-electron chi connectivity index (χ4n) is 3.38. The van der Waals surface area contributed by atoms with Crippen molar-refractivity contribution in [3.05, 3.63) is 38.0 Å². The summed E-state index contributed by atoms with van der Waals surface area (Å²) in [5, 5.41) is 18.3. The number of rotatable bonds is 7. The first kappa shape index (κ1) is 21.0. The lowest BCUT2D eigenvalue weighted by molar-refractivity contribution is -0.385. The van der Waals surface area contributed by atoms with Gasteiger partial charge in [-0.1, -0.05) is 0 Å². The Morgan fingerprint density at radius 2 is 2.10 bits per heavy atom. The molecule has 10 heteroatoms. The van der Waals surface area contributed by atoms with Crippen molar-refractivity contribution in [2.45, 2.75) is 65.5 Å². The fourth-order valence-corrected chi connectivity index (χ4v) is 4.67. The Kier molecular flexibility index (Phi) is 6.31. The number of hydrogen-bond acceptors (Lipinski definition) is 7.